The lowest BCUT2D eigenvalue weighted by Crippen LogP contribution is -2.10. The van der Waals surface area contributed by atoms with Crippen molar-refractivity contribution >= 4 is 33.6 Å². The van der Waals surface area contributed by atoms with Crippen LogP contribution in [0.5, 0.6) is 11.5 Å². The van der Waals surface area contributed by atoms with E-state index in [2.05, 4.69) is 0 Å². The molecule has 3 aromatic carbocycles. The van der Waals surface area contributed by atoms with Crippen molar-refractivity contribution in [2.24, 2.45) is 0 Å². The quantitative estimate of drug-likeness (QED) is 0.177. The zero-order valence-electron chi connectivity index (χ0n) is 15.4. The molecule has 0 amide bonds. The topological polar surface area (TPSA) is 115 Å². The first-order chi connectivity index (χ1) is 13.8. The summed E-state index contributed by atoms with van der Waals surface area (Å²) in [6, 6.07) is 6.41. The second kappa shape index (κ2) is 6.56. The van der Waals surface area contributed by atoms with Crippen LogP contribution in [0.1, 0.15) is 40.1 Å². The number of ketones is 1. The van der Waals surface area contributed by atoms with Gasteiger partial charge in [-0.25, -0.2) is 4.39 Å². The van der Waals surface area contributed by atoms with Crippen molar-refractivity contribution < 1.29 is 34.4 Å². The first kappa shape index (κ1) is 18.9. The minimum atomic E-state index is -0.969. The smallest absolute Gasteiger partial charge is 0.226 e. The number of hydrogen-bond donors (Lipinski definition) is 4. The monoisotopic (exact) mass is 396 g/mol. The van der Waals surface area contributed by atoms with Crippen LogP contribution >= 0.6 is 0 Å². The highest BCUT2D eigenvalue weighted by Gasteiger charge is 2.30. The SMILES string of the molecule is CC(O)c1cccc2cc3c(O)c4c(c(O)c3c(C(=O)C=O)c12)CC(O)=C(F)C4. The minimum Gasteiger partial charge on any atom is -0.509 e. The second-order valence-electron chi connectivity index (χ2n) is 7.14. The zero-order chi connectivity index (χ0) is 21.0. The molecule has 0 radical (unpaired) electrons. The number of rotatable bonds is 3. The number of benzene rings is 3. The van der Waals surface area contributed by atoms with Gasteiger partial charge in [0.2, 0.25) is 5.78 Å². The Morgan fingerprint density at radius 2 is 1.79 bits per heavy atom. The third-order valence-electron chi connectivity index (χ3n) is 5.42. The van der Waals surface area contributed by atoms with Crippen LogP contribution < -0.4 is 0 Å². The summed E-state index contributed by atoms with van der Waals surface area (Å²) < 4.78 is 13.9. The molecule has 1 aliphatic carbocycles. The molecule has 1 aliphatic rings. The molecule has 0 spiro atoms. The molecule has 1 atom stereocenters. The molecule has 3 aromatic rings. The number of phenols is 2. The fraction of sp³-hybridized carbons (Fsp3) is 0.182. The molecular weight excluding hydrogens is 379 g/mol. The van der Waals surface area contributed by atoms with Crippen LogP contribution in [0.25, 0.3) is 21.5 Å². The van der Waals surface area contributed by atoms with Crippen molar-refractivity contribution in [1.29, 1.82) is 0 Å². The van der Waals surface area contributed by atoms with E-state index < -0.39 is 35.6 Å². The number of aromatic hydroxyl groups is 2. The lowest BCUT2D eigenvalue weighted by molar-refractivity contribution is -0.104. The average Bonchev–Trinajstić information content (AvgIpc) is 2.70. The second-order valence-corrected chi connectivity index (χ2v) is 7.14. The summed E-state index contributed by atoms with van der Waals surface area (Å²) in [6.07, 6.45) is -1.63. The summed E-state index contributed by atoms with van der Waals surface area (Å²) in [6.45, 7) is 1.50. The Hall–Kier alpha value is -3.45. The molecule has 4 N–H and O–H groups in total. The van der Waals surface area contributed by atoms with Gasteiger partial charge in [-0.3, -0.25) is 9.59 Å². The highest BCUT2D eigenvalue weighted by Crippen LogP contribution is 2.47. The Morgan fingerprint density at radius 1 is 1.10 bits per heavy atom. The van der Waals surface area contributed by atoms with Crippen molar-refractivity contribution in [3.05, 3.63) is 58.1 Å². The fourth-order valence-electron chi connectivity index (χ4n) is 4.07. The molecule has 0 aliphatic heterocycles. The van der Waals surface area contributed by atoms with Crippen LogP contribution in [-0.4, -0.2) is 32.5 Å². The van der Waals surface area contributed by atoms with Crippen LogP contribution in [0.3, 0.4) is 0 Å². The predicted molar refractivity (Wildman–Crippen MR) is 104 cm³/mol. The summed E-state index contributed by atoms with van der Waals surface area (Å²) in [5, 5.41) is 42.4. The Kier molecular flexibility index (Phi) is 4.28. The summed E-state index contributed by atoms with van der Waals surface area (Å²) in [5.41, 5.74) is 0.415. The van der Waals surface area contributed by atoms with E-state index >= 15 is 0 Å². The van der Waals surface area contributed by atoms with Gasteiger partial charge in [0.05, 0.1) is 6.10 Å². The van der Waals surface area contributed by atoms with Crippen molar-refractivity contribution in [3.8, 4) is 11.5 Å². The van der Waals surface area contributed by atoms with E-state index in [-0.39, 0.29) is 51.3 Å². The first-order valence-electron chi connectivity index (χ1n) is 8.95. The van der Waals surface area contributed by atoms with Gasteiger partial charge in [0, 0.05) is 40.3 Å². The number of carbonyl (C=O) groups is 2. The highest BCUT2D eigenvalue weighted by atomic mass is 19.1. The van der Waals surface area contributed by atoms with E-state index in [0.29, 0.717) is 10.9 Å². The van der Waals surface area contributed by atoms with Gasteiger partial charge in [-0.2, -0.15) is 0 Å². The molecule has 4 rings (SSSR count). The Bertz CT molecular complexity index is 1260. The molecule has 6 nitrogen and oxygen atoms in total. The summed E-state index contributed by atoms with van der Waals surface area (Å²) in [7, 11) is 0. The van der Waals surface area contributed by atoms with Gasteiger partial charge in [-0.15, -0.1) is 0 Å². The number of halogens is 1. The summed E-state index contributed by atoms with van der Waals surface area (Å²) in [5.74, 6) is -3.07. The molecule has 0 aromatic heterocycles. The number of hydrogen-bond acceptors (Lipinski definition) is 6. The van der Waals surface area contributed by atoms with Gasteiger partial charge in [-0.05, 0) is 29.3 Å². The number of phenolic OH excluding ortho intramolecular Hbond substituents is 2. The third kappa shape index (κ3) is 2.66. The molecule has 0 bridgehead atoms. The van der Waals surface area contributed by atoms with Gasteiger partial charge in [0.1, 0.15) is 23.1 Å². The van der Waals surface area contributed by atoms with Crippen molar-refractivity contribution in [1.82, 2.24) is 0 Å². The van der Waals surface area contributed by atoms with E-state index in [4.69, 9.17) is 0 Å². The average molecular weight is 396 g/mol. The van der Waals surface area contributed by atoms with E-state index in [0.717, 1.165) is 0 Å². The van der Waals surface area contributed by atoms with Crippen LogP contribution in [0.15, 0.2) is 35.9 Å². The lowest BCUT2D eigenvalue weighted by atomic mass is 9.84. The molecule has 29 heavy (non-hydrogen) atoms. The van der Waals surface area contributed by atoms with E-state index in [1.54, 1.807) is 18.2 Å². The first-order valence-corrected chi connectivity index (χ1v) is 8.95. The Balaban J connectivity index is 2.27. The Morgan fingerprint density at radius 3 is 2.45 bits per heavy atom. The van der Waals surface area contributed by atoms with Crippen LogP contribution in [-0.2, 0) is 17.6 Å². The molecule has 7 heteroatoms. The predicted octanol–water partition coefficient (Wildman–Crippen LogP) is 3.68. The number of carbonyl (C=O) groups excluding carboxylic acids is 2. The number of fused-ring (bicyclic) bond motifs is 3. The van der Waals surface area contributed by atoms with Crippen LogP contribution in [0.4, 0.5) is 4.39 Å². The van der Waals surface area contributed by atoms with Crippen LogP contribution in [0.2, 0.25) is 0 Å². The number of aliphatic hydroxyl groups is 2. The zero-order valence-corrected chi connectivity index (χ0v) is 15.4. The number of aliphatic hydroxyl groups excluding tert-OH is 2. The number of allylic oxidation sites excluding steroid dienone is 2. The molecule has 0 fully saturated rings. The fourth-order valence-corrected chi connectivity index (χ4v) is 4.07. The standard InChI is InChI=1S/C22H17FO6/c1-9(25)11-4-2-3-10-5-14-19(20(18(10)11)17(27)8-24)22(29)13-7-16(26)15(23)6-12(13)21(14)28/h2-5,8-9,25-26,28-29H,6-7H2,1H3. The van der Waals surface area contributed by atoms with Crippen LogP contribution in [0, 0.1) is 0 Å². The molecular formula is C22H17FO6. The van der Waals surface area contributed by atoms with Gasteiger partial charge in [-0.1, -0.05) is 18.2 Å². The molecule has 1 unspecified atom stereocenters. The molecule has 0 saturated carbocycles. The summed E-state index contributed by atoms with van der Waals surface area (Å²) in [4.78, 5) is 24.0. The van der Waals surface area contributed by atoms with Crippen molar-refractivity contribution in [2.75, 3.05) is 0 Å². The normalized spacial score (nSPS) is 14.9. The van der Waals surface area contributed by atoms with E-state index in [1.165, 1.54) is 13.0 Å². The number of aldehydes is 1. The maximum absolute atomic E-state index is 13.9. The Labute approximate surface area is 164 Å². The third-order valence-corrected chi connectivity index (χ3v) is 5.42. The lowest BCUT2D eigenvalue weighted by Gasteiger charge is -2.22. The largest absolute Gasteiger partial charge is 0.509 e. The van der Waals surface area contributed by atoms with Gasteiger partial charge >= 0.3 is 0 Å². The van der Waals surface area contributed by atoms with Crippen molar-refractivity contribution in [2.45, 2.75) is 25.9 Å². The highest BCUT2D eigenvalue weighted by molar-refractivity contribution is 6.41. The van der Waals surface area contributed by atoms with E-state index in [1.807, 2.05) is 0 Å². The van der Waals surface area contributed by atoms with Gasteiger partial charge in [0.15, 0.2) is 6.29 Å². The summed E-state index contributed by atoms with van der Waals surface area (Å²) >= 11 is 0. The van der Waals surface area contributed by atoms with Crippen molar-refractivity contribution in [3.63, 3.8) is 0 Å². The molecule has 0 heterocycles. The maximum atomic E-state index is 13.9. The minimum absolute atomic E-state index is 0.0749. The van der Waals surface area contributed by atoms with E-state index in [9.17, 15) is 34.4 Å². The molecule has 148 valence electrons. The number of Topliss-reactive ketones (excluding diaryl/α,β-unsaturated/α-hetero) is 1. The van der Waals surface area contributed by atoms with Gasteiger partial charge < -0.3 is 20.4 Å². The van der Waals surface area contributed by atoms with Gasteiger partial charge in [0.25, 0.3) is 0 Å². The maximum Gasteiger partial charge on any atom is 0.226 e. The molecule has 0 saturated heterocycles.